The van der Waals surface area contributed by atoms with Crippen LogP contribution in [-0.4, -0.2) is 79.0 Å². The molecule has 7 heteroatoms. The second-order valence-corrected chi connectivity index (χ2v) is 21.5. The van der Waals surface area contributed by atoms with E-state index < -0.39 is 0 Å². The molecule has 0 unspecified atom stereocenters. The van der Waals surface area contributed by atoms with Crippen molar-refractivity contribution < 1.29 is 17.1 Å². The summed E-state index contributed by atoms with van der Waals surface area (Å²) in [5, 5.41) is 0.417. The van der Waals surface area contributed by atoms with Gasteiger partial charge in [-0.3, -0.25) is 0 Å². The zero-order chi connectivity index (χ0) is 21.5. The van der Waals surface area contributed by atoms with E-state index in [0.29, 0.717) is 5.08 Å². The molecular formula is C21H54FeP4S2+5. The van der Waals surface area contributed by atoms with Crippen molar-refractivity contribution in [3.63, 3.8) is 0 Å². The molecule has 1 radical (unpaired) electrons. The molecule has 0 spiro atoms. The third-order valence-electron chi connectivity index (χ3n) is 5.66. The Kier molecular flexibility index (Phi) is 43.8. The smallest absolute Gasteiger partial charge is 0.818 e. The predicted molar refractivity (Wildman–Crippen MR) is 157 cm³/mol. The van der Waals surface area contributed by atoms with E-state index in [4.69, 9.17) is 0 Å². The first-order chi connectivity index (χ1) is 13.0. The van der Waals surface area contributed by atoms with Crippen LogP contribution >= 0.6 is 31.7 Å². The van der Waals surface area contributed by atoms with Crippen LogP contribution in [0.5, 0.6) is 0 Å². The van der Waals surface area contributed by atoms with Gasteiger partial charge in [-0.05, 0) is 55.4 Å². The minimum atomic E-state index is 0. The fraction of sp³-hybridized carbons (Fsp3) is 1.00. The molecule has 0 amide bonds. The van der Waals surface area contributed by atoms with Gasteiger partial charge < -0.3 is 30.3 Å². The topological polar surface area (TPSA) is 0 Å². The van der Waals surface area contributed by atoms with Crippen LogP contribution in [0.3, 0.4) is 0 Å². The van der Waals surface area contributed by atoms with Crippen LogP contribution in [-0.2, 0) is 42.3 Å². The molecule has 0 saturated heterocycles. The van der Waals surface area contributed by atoms with E-state index in [-0.39, 0.29) is 48.8 Å². The number of hydrogen-bond donors (Lipinski definition) is 0. The van der Waals surface area contributed by atoms with E-state index in [0.717, 1.165) is 0 Å². The van der Waals surface area contributed by atoms with Gasteiger partial charge >= 0.3 is 17.1 Å². The molecule has 0 bridgehead atoms. The molecule has 0 aromatic heterocycles. The Hall–Kier alpha value is 2.94. The minimum absolute atomic E-state index is 0. The molecule has 0 atom stereocenters. The van der Waals surface area contributed by atoms with Crippen LogP contribution in [0.15, 0.2) is 0 Å². The minimum Gasteiger partial charge on any atom is -0.818 e. The maximum atomic E-state index is 4.21. The fourth-order valence-electron chi connectivity index (χ4n) is 3.12. The van der Waals surface area contributed by atoms with Crippen LogP contribution in [0.2, 0.25) is 0 Å². The molecular weight excluding hydrogens is 496 g/mol. The average Bonchev–Trinajstić information content (AvgIpc) is 2.70. The van der Waals surface area contributed by atoms with Gasteiger partial charge in [0.05, 0.1) is 73.9 Å². The molecule has 28 heavy (non-hydrogen) atoms. The molecule has 0 aromatic rings. The van der Waals surface area contributed by atoms with Crippen LogP contribution in [0.1, 0.15) is 55.4 Å². The zero-order valence-corrected chi connectivity index (χ0v) is 27.1. The van der Waals surface area contributed by atoms with Gasteiger partial charge in [-0.1, -0.05) is 0 Å². The van der Waals surface area contributed by atoms with Crippen molar-refractivity contribution in [3.8, 4) is 0 Å². The predicted octanol–water partition coefficient (Wildman–Crippen LogP) is 7.02. The SMILES string of the molecule is CC[PH+](CC)CC[PH+](CC)CC.CC[PH+](CC)CC[PH+](CC)CC.[Fe+3].[S-]C[S-]. The molecule has 0 nitrogen and oxygen atoms in total. The molecule has 0 fully saturated rings. The zero-order valence-electron chi connectivity index (χ0n) is 20.4. The summed E-state index contributed by atoms with van der Waals surface area (Å²) in [4.78, 5) is 0. The Balaban J connectivity index is -0.000000175. The van der Waals surface area contributed by atoms with E-state index in [2.05, 4.69) is 80.6 Å². The molecule has 0 aromatic carbocycles. The summed E-state index contributed by atoms with van der Waals surface area (Å²) in [5.41, 5.74) is 0. The molecule has 0 aliphatic carbocycles. The Morgan fingerprint density at radius 2 is 0.500 bits per heavy atom. The van der Waals surface area contributed by atoms with Crippen LogP contribution in [0.4, 0.5) is 0 Å². The second-order valence-electron chi connectivity index (χ2n) is 6.95. The summed E-state index contributed by atoms with van der Waals surface area (Å²) >= 11 is 8.42. The van der Waals surface area contributed by atoms with Crippen molar-refractivity contribution in [3.05, 3.63) is 0 Å². The maximum absolute atomic E-state index is 4.21. The standard InChI is InChI=1S/2C10H24P2.CH4S2.Fe/c2*1-5-11(6-2)9-10-12(7-3)8-4;2-1-3;/h2*5-10H2,1-4H3;2-3H,1H2;/q;;;+3/p+2. The summed E-state index contributed by atoms with van der Waals surface area (Å²) in [6.45, 7) is 19.0. The van der Waals surface area contributed by atoms with Crippen LogP contribution < -0.4 is 0 Å². The van der Waals surface area contributed by atoms with Crippen molar-refractivity contribution >= 4 is 56.9 Å². The Morgan fingerprint density at radius 1 is 0.393 bits per heavy atom. The first-order valence-electron chi connectivity index (χ1n) is 11.5. The van der Waals surface area contributed by atoms with Crippen LogP contribution in [0.25, 0.3) is 0 Å². The van der Waals surface area contributed by atoms with Gasteiger partial charge in [-0.25, -0.2) is 0 Å². The van der Waals surface area contributed by atoms with E-state index in [9.17, 15) is 0 Å². The van der Waals surface area contributed by atoms with Gasteiger partial charge in [0.15, 0.2) is 0 Å². The fourth-order valence-corrected chi connectivity index (χ4v) is 13.6. The van der Waals surface area contributed by atoms with E-state index in [1.54, 1.807) is 24.6 Å². The summed E-state index contributed by atoms with van der Waals surface area (Å²) in [5.74, 6) is 0. The average molecular weight is 551 g/mol. The summed E-state index contributed by atoms with van der Waals surface area (Å²) in [6.07, 6.45) is 18.3. The number of hydrogen-bond acceptors (Lipinski definition) is 2. The molecule has 0 rings (SSSR count). The first kappa shape index (κ1) is 38.2. The van der Waals surface area contributed by atoms with Crippen molar-refractivity contribution in [2.75, 3.05) is 79.0 Å². The van der Waals surface area contributed by atoms with Gasteiger partial charge in [0.25, 0.3) is 0 Å². The van der Waals surface area contributed by atoms with Crippen molar-refractivity contribution in [2.45, 2.75) is 55.4 Å². The third kappa shape index (κ3) is 27.0. The Morgan fingerprint density at radius 3 is 0.571 bits per heavy atom. The second kappa shape index (κ2) is 32.1. The van der Waals surface area contributed by atoms with E-state index in [1.165, 1.54) is 49.3 Å². The monoisotopic (exact) mass is 550 g/mol. The van der Waals surface area contributed by atoms with Crippen molar-refractivity contribution in [2.24, 2.45) is 0 Å². The van der Waals surface area contributed by atoms with Crippen LogP contribution in [0, 0.1) is 0 Å². The Labute approximate surface area is 207 Å². The summed E-state index contributed by atoms with van der Waals surface area (Å²) < 4.78 is 0. The molecule has 0 saturated carbocycles. The number of rotatable bonds is 14. The summed E-state index contributed by atoms with van der Waals surface area (Å²) in [6, 6.07) is 0. The van der Waals surface area contributed by atoms with Gasteiger partial charge in [0.1, 0.15) is 0 Å². The van der Waals surface area contributed by atoms with Crippen molar-refractivity contribution in [1.29, 1.82) is 0 Å². The molecule has 0 heterocycles. The van der Waals surface area contributed by atoms with Gasteiger partial charge in [-0.15, -0.1) is 0 Å². The van der Waals surface area contributed by atoms with E-state index in [1.807, 2.05) is 0 Å². The van der Waals surface area contributed by atoms with Gasteiger partial charge in [-0.2, -0.15) is 0 Å². The molecule has 0 aliphatic rings. The normalized spacial score (nSPS) is 10.5. The van der Waals surface area contributed by atoms with Crippen molar-refractivity contribution in [1.82, 2.24) is 0 Å². The molecule has 0 N–H and O–H groups in total. The maximum Gasteiger partial charge on any atom is 3.00 e. The van der Waals surface area contributed by atoms with E-state index >= 15 is 0 Å². The largest absolute Gasteiger partial charge is 3.00 e. The van der Waals surface area contributed by atoms with Gasteiger partial charge in [0.2, 0.25) is 0 Å². The first-order valence-corrected chi connectivity index (χ1v) is 21.1. The third-order valence-corrected chi connectivity index (χ3v) is 18.5. The van der Waals surface area contributed by atoms with Gasteiger partial charge in [0, 0.05) is 31.7 Å². The quantitative estimate of drug-likeness (QED) is 0.130. The summed E-state index contributed by atoms with van der Waals surface area (Å²) in [7, 11) is 0.349. The molecule has 173 valence electrons. The molecule has 0 aliphatic heterocycles. The Bertz CT molecular complexity index is 201.